The van der Waals surface area contributed by atoms with Crippen LogP contribution in [0, 0.1) is 6.92 Å². The highest BCUT2D eigenvalue weighted by molar-refractivity contribution is 5.21. The molecule has 2 rings (SSSR count). The molecule has 0 bridgehead atoms. The van der Waals surface area contributed by atoms with Gasteiger partial charge in [0.2, 0.25) is 6.33 Å². The highest BCUT2D eigenvalue weighted by atomic mass is 15.3. The lowest BCUT2D eigenvalue weighted by molar-refractivity contribution is -0.689. The first-order valence-corrected chi connectivity index (χ1v) is 5.25. The van der Waals surface area contributed by atoms with Gasteiger partial charge in [0.05, 0.1) is 6.54 Å². The van der Waals surface area contributed by atoms with Gasteiger partial charge in [-0.3, -0.25) is 0 Å². The smallest absolute Gasteiger partial charge is 0.233 e. The number of aromatic nitrogens is 3. The first-order valence-electron chi connectivity index (χ1n) is 5.25. The maximum Gasteiger partial charge on any atom is 0.265 e. The minimum atomic E-state index is 0.891. The Labute approximate surface area is 90.0 Å². The summed E-state index contributed by atoms with van der Waals surface area (Å²) in [4.78, 5) is 0. The largest absolute Gasteiger partial charge is 0.265 e. The lowest BCUT2D eigenvalue weighted by Crippen LogP contribution is -2.31. The summed E-state index contributed by atoms with van der Waals surface area (Å²) in [6, 6.07) is 8.55. The number of hydrogen-bond donors (Lipinski definition) is 0. The SMILES string of the molecule is CCn1c[n+](Cc2cccc(C)c2)cn1. The molecule has 1 aromatic carbocycles. The van der Waals surface area contributed by atoms with E-state index in [-0.39, 0.29) is 0 Å². The van der Waals surface area contributed by atoms with Crippen LogP contribution in [0.2, 0.25) is 0 Å². The van der Waals surface area contributed by atoms with Crippen molar-refractivity contribution in [2.24, 2.45) is 0 Å². The summed E-state index contributed by atoms with van der Waals surface area (Å²) in [7, 11) is 0. The molecule has 0 saturated carbocycles. The summed E-state index contributed by atoms with van der Waals surface area (Å²) in [5.41, 5.74) is 2.62. The summed E-state index contributed by atoms with van der Waals surface area (Å²) in [5.74, 6) is 0. The van der Waals surface area contributed by atoms with E-state index in [0.717, 1.165) is 13.1 Å². The summed E-state index contributed by atoms with van der Waals surface area (Å²) in [5, 5.41) is 4.23. The molecule has 0 atom stereocenters. The Morgan fingerprint density at radius 2 is 2.27 bits per heavy atom. The third kappa shape index (κ3) is 2.43. The Balaban J connectivity index is 2.14. The molecule has 0 unspecified atom stereocenters. The Hall–Kier alpha value is -1.64. The van der Waals surface area contributed by atoms with Crippen molar-refractivity contribution in [3.63, 3.8) is 0 Å². The lowest BCUT2D eigenvalue weighted by atomic mass is 10.1. The first-order chi connectivity index (χ1) is 7.28. The fourth-order valence-corrected chi connectivity index (χ4v) is 1.63. The van der Waals surface area contributed by atoms with E-state index < -0.39 is 0 Å². The number of benzene rings is 1. The van der Waals surface area contributed by atoms with Crippen LogP contribution >= 0.6 is 0 Å². The fourth-order valence-electron chi connectivity index (χ4n) is 1.63. The molecule has 0 radical (unpaired) electrons. The Morgan fingerprint density at radius 3 is 2.93 bits per heavy atom. The standard InChI is InChI=1S/C12H16N3/c1-3-15-10-14(9-13-15)8-12-6-4-5-11(2)7-12/h4-7,9-10H,3,8H2,1-2H3/q+1. The molecular formula is C12H16N3+. The van der Waals surface area contributed by atoms with Crippen LogP contribution in [-0.4, -0.2) is 9.78 Å². The van der Waals surface area contributed by atoms with Gasteiger partial charge in [-0.05, 0) is 19.4 Å². The van der Waals surface area contributed by atoms with Crippen molar-refractivity contribution in [3.05, 3.63) is 48.0 Å². The van der Waals surface area contributed by atoms with Gasteiger partial charge < -0.3 is 0 Å². The van der Waals surface area contributed by atoms with Gasteiger partial charge in [-0.2, -0.15) is 0 Å². The second-order valence-electron chi connectivity index (χ2n) is 3.76. The third-order valence-corrected chi connectivity index (χ3v) is 2.40. The highest BCUT2D eigenvalue weighted by Gasteiger charge is 2.03. The van der Waals surface area contributed by atoms with Crippen LogP contribution in [0.15, 0.2) is 36.9 Å². The average Bonchev–Trinajstić information content (AvgIpc) is 2.65. The van der Waals surface area contributed by atoms with Crippen molar-refractivity contribution < 1.29 is 4.57 Å². The van der Waals surface area contributed by atoms with Crippen molar-refractivity contribution in [1.82, 2.24) is 9.78 Å². The van der Waals surface area contributed by atoms with E-state index in [2.05, 4.69) is 47.8 Å². The van der Waals surface area contributed by atoms with Gasteiger partial charge >= 0.3 is 0 Å². The molecule has 0 N–H and O–H groups in total. The molecule has 0 aliphatic rings. The monoisotopic (exact) mass is 202 g/mol. The minimum absolute atomic E-state index is 0.891. The van der Waals surface area contributed by atoms with Gasteiger partial charge in [-0.25, -0.2) is 4.57 Å². The van der Waals surface area contributed by atoms with Crippen molar-refractivity contribution in [2.75, 3.05) is 0 Å². The molecule has 3 heteroatoms. The molecule has 3 nitrogen and oxygen atoms in total. The average molecular weight is 202 g/mol. The Kier molecular flexibility index (Phi) is 2.81. The van der Waals surface area contributed by atoms with Gasteiger partial charge in [0, 0.05) is 5.10 Å². The molecule has 78 valence electrons. The zero-order valence-corrected chi connectivity index (χ0v) is 9.22. The summed E-state index contributed by atoms with van der Waals surface area (Å²) < 4.78 is 4.02. The minimum Gasteiger partial charge on any atom is -0.233 e. The number of nitrogens with zero attached hydrogens (tertiary/aromatic N) is 3. The van der Waals surface area contributed by atoms with Crippen LogP contribution < -0.4 is 4.57 Å². The van der Waals surface area contributed by atoms with Gasteiger partial charge in [-0.15, -0.1) is 4.68 Å². The van der Waals surface area contributed by atoms with Gasteiger partial charge in [0.15, 0.2) is 0 Å². The van der Waals surface area contributed by atoms with Crippen LogP contribution in [0.25, 0.3) is 0 Å². The molecule has 1 heterocycles. The molecule has 0 spiro atoms. The zero-order chi connectivity index (χ0) is 10.7. The molecule has 0 amide bonds. The quantitative estimate of drug-likeness (QED) is 0.692. The van der Waals surface area contributed by atoms with E-state index in [1.807, 2.05) is 17.3 Å². The molecule has 0 aliphatic carbocycles. The topological polar surface area (TPSA) is 21.7 Å². The second kappa shape index (κ2) is 4.26. The zero-order valence-electron chi connectivity index (χ0n) is 9.22. The van der Waals surface area contributed by atoms with E-state index >= 15 is 0 Å². The molecule has 1 aromatic heterocycles. The molecule has 0 saturated heterocycles. The second-order valence-corrected chi connectivity index (χ2v) is 3.76. The Morgan fingerprint density at radius 1 is 1.40 bits per heavy atom. The number of rotatable bonds is 3. The molecule has 15 heavy (non-hydrogen) atoms. The van der Waals surface area contributed by atoms with E-state index in [1.54, 1.807) is 0 Å². The molecule has 2 aromatic rings. The van der Waals surface area contributed by atoms with Crippen molar-refractivity contribution >= 4 is 0 Å². The molecule has 0 fully saturated rings. The normalized spacial score (nSPS) is 10.5. The predicted molar refractivity (Wildman–Crippen MR) is 58.4 cm³/mol. The van der Waals surface area contributed by atoms with Crippen molar-refractivity contribution in [3.8, 4) is 0 Å². The van der Waals surface area contributed by atoms with Crippen LogP contribution in [0.4, 0.5) is 0 Å². The van der Waals surface area contributed by atoms with E-state index in [9.17, 15) is 0 Å². The maximum absolute atomic E-state index is 4.23. The van der Waals surface area contributed by atoms with Crippen molar-refractivity contribution in [2.45, 2.75) is 26.9 Å². The van der Waals surface area contributed by atoms with Gasteiger partial charge in [0.1, 0.15) is 6.54 Å². The van der Waals surface area contributed by atoms with Crippen LogP contribution in [-0.2, 0) is 13.1 Å². The Bertz CT molecular complexity index is 446. The summed E-state index contributed by atoms with van der Waals surface area (Å²) >= 11 is 0. The van der Waals surface area contributed by atoms with E-state index in [1.165, 1.54) is 11.1 Å². The summed E-state index contributed by atoms with van der Waals surface area (Å²) in [6.45, 7) is 6.01. The lowest BCUT2D eigenvalue weighted by Gasteiger charge is -1.99. The summed E-state index contributed by atoms with van der Waals surface area (Å²) in [6.07, 6.45) is 3.90. The molecular weight excluding hydrogens is 186 g/mol. The van der Waals surface area contributed by atoms with Gasteiger partial charge in [-0.1, -0.05) is 29.8 Å². The van der Waals surface area contributed by atoms with Crippen molar-refractivity contribution in [1.29, 1.82) is 0 Å². The highest BCUT2D eigenvalue weighted by Crippen LogP contribution is 2.02. The fraction of sp³-hybridized carbons (Fsp3) is 0.333. The van der Waals surface area contributed by atoms with E-state index in [4.69, 9.17) is 0 Å². The van der Waals surface area contributed by atoms with E-state index in [0.29, 0.717) is 0 Å². The first kappa shape index (κ1) is 9.90. The molecule has 0 aliphatic heterocycles. The predicted octanol–water partition coefficient (Wildman–Crippen LogP) is 1.55. The van der Waals surface area contributed by atoms with Crippen LogP contribution in [0.3, 0.4) is 0 Å². The maximum atomic E-state index is 4.23. The van der Waals surface area contributed by atoms with Crippen LogP contribution in [0.1, 0.15) is 18.1 Å². The van der Waals surface area contributed by atoms with Crippen LogP contribution in [0.5, 0.6) is 0 Å². The van der Waals surface area contributed by atoms with Gasteiger partial charge in [0.25, 0.3) is 6.33 Å². The third-order valence-electron chi connectivity index (χ3n) is 2.40. The number of hydrogen-bond acceptors (Lipinski definition) is 1. The number of aryl methyl sites for hydroxylation is 2.